The van der Waals surface area contributed by atoms with Crippen molar-refractivity contribution in [2.24, 2.45) is 11.8 Å². The molecule has 0 aliphatic heterocycles. The highest BCUT2D eigenvalue weighted by atomic mass is 16.5. The number of aromatic nitrogens is 3. The minimum absolute atomic E-state index is 0.284. The SMILES string of the molecule is CCOc1nc(NN)nc(NC2CC2CC)n1. The highest BCUT2D eigenvalue weighted by molar-refractivity contribution is 5.37. The van der Waals surface area contributed by atoms with Gasteiger partial charge in [-0.3, -0.25) is 5.43 Å². The van der Waals surface area contributed by atoms with Crippen molar-refractivity contribution in [1.29, 1.82) is 0 Å². The van der Waals surface area contributed by atoms with Crippen molar-refractivity contribution in [3.05, 3.63) is 0 Å². The Hall–Kier alpha value is -1.63. The average Bonchev–Trinajstić information content (AvgIpc) is 3.07. The molecule has 2 unspecified atom stereocenters. The van der Waals surface area contributed by atoms with Crippen molar-refractivity contribution < 1.29 is 4.74 Å². The maximum atomic E-state index is 5.30. The molecule has 2 atom stereocenters. The highest BCUT2D eigenvalue weighted by Gasteiger charge is 2.35. The lowest BCUT2D eigenvalue weighted by atomic mass is 10.3. The summed E-state index contributed by atoms with van der Waals surface area (Å²) in [6, 6.07) is 0.745. The van der Waals surface area contributed by atoms with Crippen LogP contribution in [0.3, 0.4) is 0 Å². The van der Waals surface area contributed by atoms with Gasteiger partial charge in [0.05, 0.1) is 6.61 Å². The van der Waals surface area contributed by atoms with Crippen LogP contribution in [-0.4, -0.2) is 27.6 Å². The van der Waals surface area contributed by atoms with Crippen molar-refractivity contribution in [2.45, 2.75) is 32.7 Å². The molecule has 0 radical (unpaired) electrons. The largest absolute Gasteiger partial charge is 0.464 e. The molecule has 1 saturated carbocycles. The second kappa shape index (κ2) is 5.13. The van der Waals surface area contributed by atoms with Gasteiger partial charge in [-0.15, -0.1) is 0 Å². The maximum Gasteiger partial charge on any atom is 0.323 e. The van der Waals surface area contributed by atoms with Gasteiger partial charge in [-0.2, -0.15) is 15.0 Å². The van der Waals surface area contributed by atoms with Crippen LogP contribution in [0, 0.1) is 5.92 Å². The van der Waals surface area contributed by atoms with Crippen LogP contribution >= 0.6 is 0 Å². The predicted molar refractivity (Wildman–Crippen MR) is 64.6 cm³/mol. The fourth-order valence-corrected chi connectivity index (χ4v) is 1.72. The molecule has 1 aliphatic rings. The third-order valence-corrected chi connectivity index (χ3v) is 2.78. The fourth-order valence-electron chi connectivity index (χ4n) is 1.72. The fraction of sp³-hybridized carbons (Fsp3) is 0.700. The number of anilines is 2. The molecule has 17 heavy (non-hydrogen) atoms. The molecule has 7 nitrogen and oxygen atoms in total. The molecule has 1 aliphatic carbocycles. The van der Waals surface area contributed by atoms with E-state index in [1.807, 2.05) is 6.92 Å². The van der Waals surface area contributed by atoms with Gasteiger partial charge in [-0.05, 0) is 19.3 Å². The summed E-state index contributed by atoms with van der Waals surface area (Å²) in [6.45, 7) is 4.56. The van der Waals surface area contributed by atoms with Gasteiger partial charge in [0.25, 0.3) is 0 Å². The molecule has 0 amide bonds. The van der Waals surface area contributed by atoms with Crippen LogP contribution in [0.1, 0.15) is 26.7 Å². The lowest BCUT2D eigenvalue weighted by Crippen LogP contribution is -2.15. The molecule has 1 aromatic rings. The van der Waals surface area contributed by atoms with E-state index in [4.69, 9.17) is 10.6 Å². The van der Waals surface area contributed by atoms with Gasteiger partial charge in [0, 0.05) is 6.04 Å². The summed E-state index contributed by atoms with van der Waals surface area (Å²) in [7, 11) is 0. The number of nitrogens with zero attached hydrogens (tertiary/aromatic N) is 3. The molecule has 1 fully saturated rings. The first-order valence-electron chi connectivity index (χ1n) is 5.88. The van der Waals surface area contributed by atoms with Gasteiger partial charge in [0.15, 0.2) is 0 Å². The molecule has 4 N–H and O–H groups in total. The van der Waals surface area contributed by atoms with Gasteiger partial charge in [0.1, 0.15) is 0 Å². The first kappa shape index (κ1) is 11.8. The van der Waals surface area contributed by atoms with Gasteiger partial charge >= 0.3 is 6.01 Å². The normalized spacial score (nSPS) is 22.1. The molecule has 7 heteroatoms. The molecule has 1 heterocycles. The predicted octanol–water partition coefficient (Wildman–Crippen LogP) is 0.766. The van der Waals surface area contributed by atoms with Gasteiger partial charge in [-0.1, -0.05) is 13.3 Å². The van der Waals surface area contributed by atoms with E-state index in [2.05, 4.69) is 32.6 Å². The van der Waals surface area contributed by atoms with Gasteiger partial charge < -0.3 is 10.1 Å². The third kappa shape index (κ3) is 2.94. The summed E-state index contributed by atoms with van der Waals surface area (Å²) < 4.78 is 5.25. The molecular weight excluding hydrogens is 220 g/mol. The van der Waals surface area contributed by atoms with Gasteiger partial charge in [-0.25, -0.2) is 5.84 Å². The Morgan fingerprint density at radius 1 is 1.29 bits per heavy atom. The Morgan fingerprint density at radius 3 is 2.65 bits per heavy atom. The van der Waals surface area contributed by atoms with Crippen molar-refractivity contribution in [1.82, 2.24) is 15.0 Å². The number of hydrogen-bond acceptors (Lipinski definition) is 7. The monoisotopic (exact) mass is 238 g/mol. The Morgan fingerprint density at radius 2 is 2.06 bits per heavy atom. The van der Waals surface area contributed by atoms with Crippen LogP contribution in [0.25, 0.3) is 0 Å². The number of rotatable bonds is 6. The van der Waals surface area contributed by atoms with Crippen molar-refractivity contribution in [2.75, 3.05) is 17.3 Å². The lowest BCUT2D eigenvalue weighted by Gasteiger charge is -2.07. The number of nitrogen functional groups attached to an aromatic ring is 1. The Labute approximate surface area is 100 Å². The van der Waals surface area contributed by atoms with E-state index in [9.17, 15) is 0 Å². The Kier molecular flexibility index (Phi) is 3.58. The van der Waals surface area contributed by atoms with Crippen molar-refractivity contribution in [3.8, 4) is 6.01 Å². The van der Waals surface area contributed by atoms with Crippen LogP contribution in [0.2, 0.25) is 0 Å². The number of hydrazine groups is 1. The standard InChI is InChI=1S/C10H18N6O/c1-3-6-5-7(6)12-8-13-9(16-11)15-10(14-8)17-4-2/h6-7H,3-5,11H2,1-2H3,(H2,12,13,14,15,16). The molecule has 0 saturated heterocycles. The van der Waals surface area contributed by atoms with Crippen LogP contribution in [0.5, 0.6) is 6.01 Å². The van der Waals surface area contributed by atoms with E-state index < -0.39 is 0 Å². The summed E-state index contributed by atoms with van der Waals surface area (Å²) >= 11 is 0. The van der Waals surface area contributed by atoms with E-state index in [0.717, 1.165) is 12.3 Å². The summed E-state index contributed by atoms with van der Waals surface area (Å²) in [6.07, 6.45) is 2.33. The second-order valence-corrected chi connectivity index (χ2v) is 4.00. The number of nitrogens with two attached hydrogens (primary N) is 1. The Bertz CT molecular complexity index is 385. The van der Waals surface area contributed by atoms with Crippen LogP contribution < -0.4 is 21.3 Å². The molecule has 0 spiro atoms. The zero-order chi connectivity index (χ0) is 12.3. The lowest BCUT2D eigenvalue weighted by molar-refractivity contribution is 0.312. The second-order valence-electron chi connectivity index (χ2n) is 4.00. The molecular formula is C10H18N6O. The summed E-state index contributed by atoms with van der Waals surface area (Å²) in [4.78, 5) is 12.3. The number of hydrogen-bond donors (Lipinski definition) is 3. The molecule has 1 aromatic heterocycles. The van der Waals surface area contributed by atoms with Crippen molar-refractivity contribution in [3.63, 3.8) is 0 Å². The third-order valence-electron chi connectivity index (χ3n) is 2.78. The van der Waals surface area contributed by atoms with E-state index in [-0.39, 0.29) is 6.01 Å². The van der Waals surface area contributed by atoms with Crippen LogP contribution in [0.15, 0.2) is 0 Å². The van der Waals surface area contributed by atoms with E-state index in [1.165, 1.54) is 6.42 Å². The molecule has 94 valence electrons. The van der Waals surface area contributed by atoms with E-state index >= 15 is 0 Å². The van der Waals surface area contributed by atoms with Crippen molar-refractivity contribution >= 4 is 11.9 Å². The minimum Gasteiger partial charge on any atom is -0.464 e. The van der Waals surface area contributed by atoms with E-state index in [1.54, 1.807) is 0 Å². The van der Waals surface area contributed by atoms with Crippen LogP contribution in [-0.2, 0) is 0 Å². The zero-order valence-electron chi connectivity index (χ0n) is 10.1. The first-order valence-corrected chi connectivity index (χ1v) is 5.88. The average molecular weight is 238 g/mol. The number of nitrogens with one attached hydrogen (secondary N) is 2. The topological polar surface area (TPSA) is 98.0 Å². The quantitative estimate of drug-likeness (QED) is 0.497. The van der Waals surface area contributed by atoms with E-state index in [0.29, 0.717) is 24.5 Å². The molecule has 0 bridgehead atoms. The summed E-state index contributed by atoms with van der Waals surface area (Å²) in [5.74, 6) is 6.83. The van der Waals surface area contributed by atoms with Gasteiger partial charge in [0.2, 0.25) is 11.9 Å². The minimum atomic E-state index is 0.284. The first-order chi connectivity index (χ1) is 8.26. The van der Waals surface area contributed by atoms with Crippen LogP contribution in [0.4, 0.5) is 11.9 Å². The number of ether oxygens (including phenoxy) is 1. The Balaban J connectivity index is 2.07. The zero-order valence-corrected chi connectivity index (χ0v) is 10.1. The summed E-state index contributed by atoms with van der Waals surface area (Å²) in [5, 5.41) is 3.25. The maximum absolute atomic E-state index is 5.30. The smallest absolute Gasteiger partial charge is 0.323 e. The molecule has 2 rings (SSSR count). The summed E-state index contributed by atoms with van der Waals surface area (Å²) in [5.41, 5.74) is 2.40. The highest BCUT2D eigenvalue weighted by Crippen LogP contribution is 2.35. The molecule has 0 aromatic carbocycles.